The average Bonchev–Trinajstić information content (AvgIpc) is 2.67. The smallest absolute Gasteiger partial charge is 0.242 e. The Morgan fingerprint density at radius 2 is 1.93 bits per heavy atom. The first-order valence-electron chi connectivity index (χ1n) is 8.59. The average molecular weight is 443 g/mol. The molecule has 150 valence electrons. The minimum atomic E-state index is -0.658. The summed E-state index contributed by atoms with van der Waals surface area (Å²) in [6.45, 7) is 1.91. The molecule has 0 saturated carbocycles. The van der Waals surface area contributed by atoms with Crippen LogP contribution in [0.5, 0.6) is 0 Å². The molecule has 8 heteroatoms. The van der Waals surface area contributed by atoms with Crippen LogP contribution in [-0.4, -0.2) is 35.6 Å². The molecule has 1 unspecified atom stereocenters. The third-order valence-electron chi connectivity index (χ3n) is 4.19. The van der Waals surface area contributed by atoms with Gasteiger partial charge in [-0.25, -0.2) is 4.39 Å². The van der Waals surface area contributed by atoms with Gasteiger partial charge in [-0.2, -0.15) is 0 Å². The molecule has 2 rings (SSSR count). The molecular weight excluding hydrogens is 422 g/mol. The maximum absolute atomic E-state index is 13.9. The monoisotopic (exact) mass is 442 g/mol. The van der Waals surface area contributed by atoms with Crippen LogP contribution < -0.4 is 5.32 Å². The molecule has 0 saturated heterocycles. The lowest BCUT2D eigenvalue weighted by Crippen LogP contribution is -2.47. The molecule has 1 atom stereocenters. The van der Waals surface area contributed by atoms with Gasteiger partial charge in [-0.15, -0.1) is 11.8 Å². The van der Waals surface area contributed by atoms with Crippen molar-refractivity contribution in [1.82, 2.24) is 10.2 Å². The number of amides is 2. The molecule has 28 heavy (non-hydrogen) atoms. The maximum atomic E-state index is 13.9. The fraction of sp³-hybridized carbons (Fsp3) is 0.300. The Bertz CT molecular complexity index is 830. The van der Waals surface area contributed by atoms with Crippen LogP contribution in [0, 0.1) is 5.82 Å². The van der Waals surface area contributed by atoms with Crippen LogP contribution in [0.4, 0.5) is 4.39 Å². The van der Waals surface area contributed by atoms with Crippen molar-refractivity contribution >= 4 is 46.8 Å². The molecule has 0 aromatic heterocycles. The highest BCUT2D eigenvalue weighted by atomic mass is 35.5. The third-order valence-corrected chi connectivity index (χ3v) is 5.72. The van der Waals surface area contributed by atoms with Gasteiger partial charge in [0.1, 0.15) is 11.9 Å². The molecule has 0 bridgehead atoms. The molecule has 2 amide bonds. The summed E-state index contributed by atoms with van der Waals surface area (Å²) in [6, 6.07) is 11.0. The van der Waals surface area contributed by atoms with Crippen LogP contribution in [0.15, 0.2) is 42.5 Å². The summed E-state index contributed by atoms with van der Waals surface area (Å²) in [4.78, 5) is 26.4. The number of thioether (sulfide) groups is 1. The van der Waals surface area contributed by atoms with Crippen LogP contribution in [-0.2, 0) is 21.9 Å². The van der Waals surface area contributed by atoms with E-state index in [4.69, 9.17) is 23.2 Å². The second-order valence-electron chi connectivity index (χ2n) is 6.13. The van der Waals surface area contributed by atoms with Gasteiger partial charge in [-0.3, -0.25) is 9.59 Å². The molecule has 0 aliphatic heterocycles. The van der Waals surface area contributed by atoms with E-state index in [1.807, 2.05) is 6.07 Å². The van der Waals surface area contributed by atoms with E-state index in [0.717, 1.165) is 5.56 Å². The van der Waals surface area contributed by atoms with Crippen molar-refractivity contribution in [2.24, 2.45) is 0 Å². The van der Waals surface area contributed by atoms with Crippen molar-refractivity contribution in [1.29, 1.82) is 0 Å². The maximum Gasteiger partial charge on any atom is 0.242 e. The first-order valence-corrected chi connectivity index (χ1v) is 10.5. The van der Waals surface area contributed by atoms with Crippen LogP contribution >= 0.6 is 35.0 Å². The van der Waals surface area contributed by atoms with Gasteiger partial charge in [0.15, 0.2) is 0 Å². The fourth-order valence-electron chi connectivity index (χ4n) is 2.62. The lowest BCUT2D eigenvalue weighted by Gasteiger charge is -2.28. The van der Waals surface area contributed by atoms with Gasteiger partial charge >= 0.3 is 0 Å². The van der Waals surface area contributed by atoms with Crippen molar-refractivity contribution in [2.75, 3.05) is 12.8 Å². The second-order valence-corrected chi connectivity index (χ2v) is 7.96. The Morgan fingerprint density at radius 3 is 2.57 bits per heavy atom. The normalized spacial score (nSPS) is 11.8. The molecule has 0 heterocycles. The summed E-state index contributed by atoms with van der Waals surface area (Å²) in [5, 5.41) is 3.45. The van der Waals surface area contributed by atoms with E-state index in [0.29, 0.717) is 15.6 Å². The van der Waals surface area contributed by atoms with Crippen molar-refractivity contribution in [3.8, 4) is 0 Å². The number of halogens is 3. The summed E-state index contributed by atoms with van der Waals surface area (Å²) >= 11 is 13.3. The predicted molar refractivity (Wildman–Crippen MR) is 113 cm³/mol. The number of hydrogen-bond donors (Lipinski definition) is 1. The number of rotatable bonds is 8. The van der Waals surface area contributed by atoms with Gasteiger partial charge in [0.05, 0.1) is 5.75 Å². The number of nitrogens with zero attached hydrogens (tertiary/aromatic N) is 1. The number of carbonyl (C=O) groups excluding carboxylic acids is 2. The van der Waals surface area contributed by atoms with Gasteiger partial charge in [0.2, 0.25) is 11.8 Å². The van der Waals surface area contributed by atoms with E-state index in [1.165, 1.54) is 35.8 Å². The van der Waals surface area contributed by atoms with E-state index >= 15 is 0 Å². The van der Waals surface area contributed by atoms with E-state index in [-0.39, 0.29) is 29.9 Å². The predicted octanol–water partition coefficient (Wildman–Crippen LogP) is 4.53. The topological polar surface area (TPSA) is 49.4 Å². The zero-order valence-corrected chi connectivity index (χ0v) is 17.9. The van der Waals surface area contributed by atoms with Gasteiger partial charge in [-0.1, -0.05) is 41.4 Å². The molecule has 1 N–H and O–H groups in total. The summed E-state index contributed by atoms with van der Waals surface area (Å²) < 4.78 is 13.9. The Morgan fingerprint density at radius 1 is 1.21 bits per heavy atom. The molecular formula is C20H21Cl2FN2O2S. The number of nitrogens with one attached hydrogen (secondary N) is 1. The van der Waals surface area contributed by atoms with Crippen molar-refractivity contribution in [3.05, 3.63) is 69.5 Å². The Hall–Kier alpha value is -1.76. The van der Waals surface area contributed by atoms with E-state index in [9.17, 15) is 14.0 Å². The first kappa shape index (κ1) is 22.5. The summed E-state index contributed by atoms with van der Waals surface area (Å²) in [7, 11) is 1.52. The van der Waals surface area contributed by atoms with Crippen LogP contribution in [0.1, 0.15) is 18.1 Å². The molecule has 0 fully saturated rings. The fourth-order valence-corrected chi connectivity index (χ4v) is 4.08. The van der Waals surface area contributed by atoms with Crippen molar-refractivity contribution in [2.45, 2.75) is 25.3 Å². The lowest BCUT2D eigenvalue weighted by atomic mass is 10.1. The Labute approximate surface area is 178 Å². The number of hydrogen-bond acceptors (Lipinski definition) is 3. The summed E-state index contributed by atoms with van der Waals surface area (Å²) in [5.74, 6) is -0.545. The van der Waals surface area contributed by atoms with Crippen molar-refractivity contribution in [3.63, 3.8) is 0 Å². The standard InChI is InChI=1S/C20H21Cl2FN2O2S/c1-13(20(27)24-2)25(10-14-5-3-6-15(21)9-14)19(26)12-28-11-16-17(22)7-4-8-18(16)23/h3-9,13H,10-12H2,1-2H3,(H,24,27). The highest BCUT2D eigenvalue weighted by molar-refractivity contribution is 7.99. The number of benzene rings is 2. The molecule has 0 spiro atoms. The van der Waals surface area contributed by atoms with Crippen LogP contribution in [0.25, 0.3) is 0 Å². The zero-order chi connectivity index (χ0) is 20.7. The van der Waals surface area contributed by atoms with E-state index in [2.05, 4.69) is 5.32 Å². The zero-order valence-electron chi connectivity index (χ0n) is 15.5. The molecule has 0 aliphatic carbocycles. The van der Waals surface area contributed by atoms with Crippen molar-refractivity contribution < 1.29 is 14.0 Å². The van der Waals surface area contributed by atoms with Gasteiger partial charge in [0, 0.05) is 35.0 Å². The summed E-state index contributed by atoms with van der Waals surface area (Å²) in [6.07, 6.45) is 0. The molecule has 4 nitrogen and oxygen atoms in total. The minimum Gasteiger partial charge on any atom is -0.357 e. The second kappa shape index (κ2) is 10.7. The highest BCUT2D eigenvalue weighted by Gasteiger charge is 2.25. The SMILES string of the molecule is CNC(=O)C(C)N(Cc1cccc(Cl)c1)C(=O)CSCc1c(F)cccc1Cl. The van der Waals surface area contributed by atoms with Crippen LogP contribution in [0.3, 0.4) is 0 Å². The Kier molecular flexibility index (Phi) is 8.60. The first-order chi connectivity index (χ1) is 13.3. The largest absolute Gasteiger partial charge is 0.357 e. The molecule has 0 radical (unpaired) electrons. The molecule has 2 aromatic rings. The lowest BCUT2D eigenvalue weighted by molar-refractivity contribution is -0.138. The van der Waals surface area contributed by atoms with Gasteiger partial charge in [0.25, 0.3) is 0 Å². The Balaban J connectivity index is 2.08. The van der Waals surface area contributed by atoms with E-state index in [1.54, 1.807) is 31.2 Å². The highest BCUT2D eigenvalue weighted by Crippen LogP contribution is 2.24. The minimum absolute atomic E-state index is 0.0898. The molecule has 2 aromatic carbocycles. The number of likely N-dealkylation sites (N-methyl/N-ethyl adjacent to an activating group) is 1. The van der Waals surface area contributed by atoms with E-state index < -0.39 is 11.9 Å². The molecule has 0 aliphatic rings. The summed E-state index contributed by atoms with van der Waals surface area (Å²) in [5.41, 5.74) is 1.18. The van der Waals surface area contributed by atoms with Gasteiger partial charge in [-0.05, 0) is 36.8 Å². The third kappa shape index (κ3) is 6.12. The van der Waals surface area contributed by atoms with Gasteiger partial charge < -0.3 is 10.2 Å². The van der Waals surface area contributed by atoms with Crippen LogP contribution in [0.2, 0.25) is 10.0 Å². The number of carbonyl (C=O) groups is 2. The quantitative estimate of drug-likeness (QED) is 0.653.